The Labute approximate surface area is 122 Å². The molecule has 1 atom stereocenters. The van der Waals surface area contributed by atoms with E-state index in [-0.39, 0.29) is 10.6 Å². The molecule has 5 heteroatoms. The van der Waals surface area contributed by atoms with Gasteiger partial charge >= 0.3 is 0 Å². The van der Waals surface area contributed by atoms with Crippen molar-refractivity contribution in [3.63, 3.8) is 0 Å². The van der Waals surface area contributed by atoms with Crippen LogP contribution in [-0.2, 0) is 0 Å². The van der Waals surface area contributed by atoms with Crippen molar-refractivity contribution in [1.82, 2.24) is 0 Å². The van der Waals surface area contributed by atoms with Crippen LogP contribution in [0.2, 0.25) is 10.0 Å². The Bertz CT molecular complexity index is 589. The Kier molecular flexibility index (Phi) is 4.28. The maximum atomic E-state index is 14.0. The average molecular weight is 350 g/mol. The highest BCUT2D eigenvalue weighted by Crippen LogP contribution is 2.34. The number of hydrogen-bond acceptors (Lipinski definition) is 1. The van der Waals surface area contributed by atoms with Crippen molar-refractivity contribution in [3.05, 3.63) is 67.9 Å². The summed E-state index contributed by atoms with van der Waals surface area (Å²) in [5.74, 6) is -0.654. The highest BCUT2D eigenvalue weighted by atomic mass is 79.9. The second kappa shape index (κ2) is 5.57. The van der Waals surface area contributed by atoms with Crippen LogP contribution < -0.4 is 0 Å². The molecule has 18 heavy (non-hydrogen) atoms. The van der Waals surface area contributed by atoms with Gasteiger partial charge in [-0.15, -0.1) is 0 Å². The van der Waals surface area contributed by atoms with Crippen LogP contribution in [0.25, 0.3) is 0 Å². The van der Waals surface area contributed by atoms with Gasteiger partial charge in [0.1, 0.15) is 11.9 Å². The fourth-order valence-electron chi connectivity index (χ4n) is 1.62. The Morgan fingerprint density at radius 2 is 1.72 bits per heavy atom. The Hall–Kier alpha value is -0.610. The summed E-state index contributed by atoms with van der Waals surface area (Å²) in [7, 11) is 0. The lowest BCUT2D eigenvalue weighted by atomic mass is 10.0. The van der Waals surface area contributed by atoms with Gasteiger partial charge in [-0.2, -0.15) is 0 Å². The highest BCUT2D eigenvalue weighted by Gasteiger charge is 2.20. The fourth-order valence-corrected chi connectivity index (χ4v) is 2.33. The number of aliphatic hydroxyl groups is 1. The van der Waals surface area contributed by atoms with E-state index in [4.69, 9.17) is 23.2 Å². The molecular formula is C13H8BrCl2FO. The van der Waals surface area contributed by atoms with Crippen LogP contribution in [0.5, 0.6) is 0 Å². The van der Waals surface area contributed by atoms with Gasteiger partial charge in [0.25, 0.3) is 0 Å². The molecule has 0 radical (unpaired) electrons. The summed E-state index contributed by atoms with van der Waals surface area (Å²) in [4.78, 5) is 0. The predicted molar refractivity (Wildman–Crippen MR) is 74.6 cm³/mol. The molecule has 0 heterocycles. The van der Waals surface area contributed by atoms with Gasteiger partial charge in [-0.05, 0) is 28.1 Å². The second-order valence-corrected chi connectivity index (χ2v) is 5.33. The number of rotatable bonds is 2. The van der Waals surface area contributed by atoms with Crippen LogP contribution in [-0.4, -0.2) is 5.11 Å². The summed E-state index contributed by atoms with van der Waals surface area (Å²) in [5.41, 5.74) is 0.535. The van der Waals surface area contributed by atoms with Gasteiger partial charge < -0.3 is 5.11 Å². The molecule has 1 N–H and O–H groups in total. The maximum Gasteiger partial charge on any atom is 0.149 e. The number of halogens is 4. The minimum absolute atomic E-state index is 0.0568. The number of hydrogen-bond donors (Lipinski definition) is 1. The molecular weight excluding hydrogens is 342 g/mol. The van der Waals surface area contributed by atoms with Crippen LogP contribution in [0.4, 0.5) is 4.39 Å². The van der Waals surface area contributed by atoms with Crippen molar-refractivity contribution in [3.8, 4) is 0 Å². The monoisotopic (exact) mass is 348 g/mol. The minimum atomic E-state index is -1.15. The summed E-state index contributed by atoms with van der Waals surface area (Å²) in [6, 6.07) is 9.80. The lowest BCUT2D eigenvalue weighted by Crippen LogP contribution is -2.04. The molecule has 0 saturated heterocycles. The van der Waals surface area contributed by atoms with E-state index < -0.39 is 11.9 Å². The summed E-state index contributed by atoms with van der Waals surface area (Å²) >= 11 is 14.9. The molecule has 0 spiro atoms. The third-order valence-corrected chi connectivity index (χ3v) is 4.16. The van der Waals surface area contributed by atoms with E-state index in [1.165, 1.54) is 6.07 Å². The van der Waals surface area contributed by atoms with E-state index in [2.05, 4.69) is 15.9 Å². The van der Waals surface area contributed by atoms with Gasteiger partial charge in [-0.25, -0.2) is 4.39 Å². The molecule has 2 aromatic rings. The summed E-state index contributed by atoms with van der Waals surface area (Å²) in [5, 5.41) is 10.5. The van der Waals surface area contributed by atoms with Crippen molar-refractivity contribution in [1.29, 1.82) is 0 Å². The lowest BCUT2D eigenvalue weighted by Gasteiger charge is -2.15. The first-order valence-corrected chi connectivity index (χ1v) is 6.63. The molecule has 0 aliphatic rings. The third-order valence-electron chi connectivity index (χ3n) is 2.56. The van der Waals surface area contributed by atoms with E-state index in [1.807, 2.05) is 0 Å². The molecule has 0 aromatic heterocycles. The van der Waals surface area contributed by atoms with Gasteiger partial charge in [-0.3, -0.25) is 0 Å². The summed E-state index contributed by atoms with van der Waals surface area (Å²) in [6.45, 7) is 0. The SMILES string of the molecule is OC(c1ccccc1Cl)c1ccc(Br)c(Cl)c1F. The molecule has 0 amide bonds. The molecule has 0 fully saturated rings. The van der Waals surface area contributed by atoms with Crippen molar-refractivity contribution in [2.75, 3.05) is 0 Å². The van der Waals surface area contributed by atoms with Crippen molar-refractivity contribution >= 4 is 39.1 Å². The fraction of sp³-hybridized carbons (Fsp3) is 0.0769. The zero-order valence-electron chi connectivity index (χ0n) is 9.00. The smallest absolute Gasteiger partial charge is 0.149 e. The van der Waals surface area contributed by atoms with Crippen molar-refractivity contribution in [2.24, 2.45) is 0 Å². The van der Waals surface area contributed by atoms with Crippen LogP contribution in [0.15, 0.2) is 40.9 Å². The molecule has 1 unspecified atom stereocenters. The lowest BCUT2D eigenvalue weighted by molar-refractivity contribution is 0.215. The van der Waals surface area contributed by atoms with Gasteiger partial charge in [-0.1, -0.05) is 47.5 Å². The topological polar surface area (TPSA) is 20.2 Å². The number of benzene rings is 2. The van der Waals surface area contributed by atoms with Gasteiger partial charge in [0.05, 0.1) is 5.02 Å². The van der Waals surface area contributed by atoms with E-state index in [9.17, 15) is 9.50 Å². The quantitative estimate of drug-likeness (QED) is 0.758. The minimum Gasteiger partial charge on any atom is -0.383 e. The van der Waals surface area contributed by atoms with Crippen LogP contribution in [0.3, 0.4) is 0 Å². The highest BCUT2D eigenvalue weighted by molar-refractivity contribution is 9.10. The van der Waals surface area contributed by atoms with E-state index in [1.54, 1.807) is 30.3 Å². The summed E-state index contributed by atoms with van der Waals surface area (Å²) < 4.78 is 14.4. The number of aliphatic hydroxyl groups excluding tert-OH is 1. The molecule has 0 aliphatic carbocycles. The van der Waals surface area contributed by atoms with Crippen molar-refractivity contribution in [2.45, 2.75) is 6.10 Å². The molecule has 0 bridgehead atoms. The van der Waals surface area contributed by atoms with Gasteiger partial charge in [0.15, 0.2) is 0 Å². The third kappa shape index (κ3) is 2.54. The predicted octanol–water partition coefficient (Wildman–Crippen LogP) is 4.98. The Morgan fingerprint density at radius 1 is 1.06 bits per heavy atom. The molecule has 1 nitrogen and oxygen atoms in total. The van der Waals surface area contributed by atoms with Crippen LogP contribution in [0, 0.1) is 5.82 Å². The summed E-state index contributed by atoms with van der Waals surface area (Å²) in [6.07, 6.45) is -1.15. The largest absolute Gasteiger partial charge is 0.383 e. The van der Waals surface area contributed by atoms with E-state index >= 15 is 0 Å². The first kappa shape index (κ1) is 13.8. The normalized spacial score (nSPS) is 12.5. The van der Waals surface area contributed by atoms with Crippen LogP contribution in [0.1, 0.15) is 17.2 Å². The van der Waals surface area contributed by atoms with Crippen LogP contribution >= 0.6 is 39.1 Å². The average Bonchev–Trinajstić information content (AvgIpc) is 2.36. The zero-order chi connectivity index (χ0) is 13.3. The zero-order valence-corrected chi connectivity index (χ0v) is 12.1. The maximum absolute atomic E-state index is 14.0. The molecule has 2 rings (SSSR count). The Balaban J connectivity index is 2.50. The standard InChI is InChI=1S/C13H8BrCl2FO/c14-9-6-5-8(12(17)11(9)16)13(18)7-3-1-2-4-10(7)15/h1-6,13,18H. The van der Waals surface area contributed by atoms with Gasteiger partial charge in [0.2, 0.25) is 0 Å². The van der Waals surface area contributed by atoms with E-state index in [0.717, 1.165) is 0 Å². The van der Waals surface area contributed by atoms with Gasteiger partial charge in [0, 0.05) is 20.6 Å². The molecule has 0 saturated carbocycles. The van der Waals surface area contributed by atoms with Crippen molar-refractivity contribution < 1.29 is 9.50 Å². The first-order chi connectivity index (χ1) is 8.52. The second-order valence-electron chi connectivity index (χ2n) is 3.69. The molecule has 2 aromatic carbocycles. The molecule has 94 valence electrons. The molecule has 0 aliphatic heterocycles. The van der Waals surface area contributed by atoms with E-state index in [0.29, 0.717) is 15.1 Å². The first-order valence-electron chi connectivity index (χ1n) is 5.08. The Morgan fingerprint density at radius 3 is 2.39 bits per heavy atom.